The van der Waals surface area contributed by atoms with Crippen LogP contribution in [0.2, 0.25) is 0 Å². The first-order valence-electron chi connectivity index (χ1n) is 9.68. The van der Waals surface area contributed by atoms with Gasteiger partial charge in [0, 0.05) is 29.2 Å². The molecule has 33 heavy (non-hydrogen) atoms. The number of hydrogen-bond donors (Lipinski definition) is 1. The van der Waals surface area contributed by atoms with Crippen LogP contribution in [0.4, 0.5) is 30.7 Å². The number of hydrazone groups is 1. The van der Waals surface area contributed by atoms with Gasteiger partial charge in [-0.05, 0) is 22.4 Å². The molecule has 0 aliphatic rings. The lowest BCUT2D eigenvalue weighted by Crippen LogP contribution is -2.58. The molecule has 0 spiro atoms. The Morgan fingerprint density at radius 1 is 0.788 bits per heavy atom. The van der Waals surface area contributed by atoms with Gasteiger partial charge in [-0.3, -0.25) is 0 Å². The first kappa shape index (κ1) is 22.6. The molecule has 3 nitrogen and oxygen atoms in total. The van der Waals surface area contributed by atoms with Gasteiger partial charge in [0.1, 0.15) is 0 Å². The zero-order chi connectivity index (χ0) is 23.9. The van der Waals surface area contributed by atoms with Crippen LogP contribution in [-0.4, -0.2) is 28.9 Å². The number of aromatic nitrogens is 1. The summed E-state index contributed by atoms with van der Waals surface area (Å²) in [4.78, 5) is 0. The number of nitrogens with one attached hydrogen (secondary N) is 1. The lowest BCUT2D eigenvalue weighted by Gasteiger charge is -2.27. The van der Waals surface area contributed by atoms with Crippen molar-refractivity contribution in [3.63, 3.8) is 0 Å². The molecular weight excluding hydrogens is 451 g/mol. The molecule has 172 valence electrons. The monoisotopic (exact) mass is 467 g/mol. The Hall–Kier alpha value is -3.56. The van der Waals surface area contributed by atoms with E-state index in [2.05, 4.69) is 5.10 Å². The van der Waals surface area contributed by atoms with Crippen LogP contribution >= 0.6 is 0 Å². The van der Waals surface area contributed by atoms with Gasteiger partial charge in [0.15, 0.2) is 0 Å². The molecule has 4 rings (SSSR count). The number of alkyl halides is 7. The standard InChI is InChI=1S/C23H16F7N3/c24-21(25,22(26,27)28)23(29,30)32-31-12-17-14-33(20-11-4-3-10-19(17)20)13-16-8-5-7-15-6-1-2-9-18(15)16/h1-12,14,32H,13H2/b31-12-. The summed E-state index contributed by atoms with van der Waals surface area (Å²) in [6.07, 6.45) is -4.08. The normalized spacial score (nSPS) is 13.3. The molecule has 0 saturated heterocycles. The Balaban J connectivity index is 1.65. The van der Waals surface area contributed by atoms with Crippen LogP contribution in [0.15, 0.2) is 78.0 Å². The molecule has 1 aromatic heterocycles. The van der Waals surface area contributed by atoms with Crippen LogP contribution < -0.4 is 5.43 Å². The van der Waals surface area contributed by atoms with Gasteiger partial charge < -0.3 is 4.57 Å². The van der Waals surface area contributed by atoms with Gasteiger partial charge in [-0.2, -0.15) is 35.8 Å². The van der Waals surface area contributed by atoms with Crippen molar-refractivity contribution in [3.8, 4) is 0 Å². The summed E-state index contributed by atoms with van der Waals surface area (Å²) in [7, 11) is 0. The largest absolute Gasteiger partial charge is 0.462 e. The molecule has 10 heteroatoms. The summed E-state index contributed by atoms with van der Waals surface area (Å²) in [6.45, 7) is 0.408. The molecule has 0 aliphatic heterocycles. The summed E-state index contributed by atoms with van der Waals surface area (Å²) in [5.74, 6) is -6.29. The number of para-hydroxylation sites is 1. The molecule has 0 amide bonds. The molecule has 1 heterocycles. The second kappa shape index (κ2) is 8.09. The van der Waals surface area contributed by atoms with E-state index in [4.69, 9.17) is 0 Å². The smallest absolute Gasteiger partial charge is 0.342 e. The lowest BCUT2D eigenvalue weighted by atomic mass is 10.0. The summed E-state index contributed by atoms with van der Waals surface area (Å²) >= 11 is 0. The fourth-order valence-electron chi connectivity index (χ4n) is 3.55. The quantitative estimate of drug-likeness (QED) is 0.148. The van der Waals surface area contributed by atoms with Crippen molar-refractivity contribution < 1.29 is 30.7 Å². The molecule has 0 atom stereocenters. The van der Waals surface area contributed by atoms with Crippen LogP contribution in [0.3, 0.4) is 0 Å². The Bertz CT molecular complexity index is 1320. The van der Waals surface area contributed by atoms with Gasteiger partial charge in [0.25, 0.3) is 0 Å². The second-order valence-electron chi connectivity index (χ2n) is 7.38. The van der Waals surface area contributed by atoms with E-state index < -0.39 is 18.1 Å². The number of rotatable bonds is 6. The molecular formula is C23H16F7N3. The van der Waals surface area contributed by atoms with Crippen molar-refractivity contribution >= 4 is 27.9 Å². The summed E-state index contributed by atoms with van der Waals surface area (Å²) in [5.41, 5.74) is 2.61. The minimum absolute atomic E-state index is 0.268. The second-order valence-corrected chi connectivity index (χ2v) is 7.38. The average molecular weight is 467 g/mol. The minimum atomic E-state index is -6.44. The molecule has 0 aliphatic carbocycles. The van der Waals surface area contributed by atoms with Crippen LogP contribution in [-0.2, 0) is 6.54 Å². The molecule has 3 aromatic carbocycles. The molecule has 0 bridgehead atoms. The van der Waals surface area contributed by atoms with Gasteiger partial charge >= 0.3 is 18.1 Å². The van der Waals surface area contributed by atoms with Crippen molar-refractivity contribution in [1.82, 2.24) is 9.99 Å². The van der Waals surface area contributed by atoms with E-state index in [1.807, 2.05) is 47.0 Å². The topological polar surface area (TPSA) is 29.3 Å². The highest BCUT2D eigenvalue weighted by Gasteiger charge is 2.73. The number of benzene rings is 3. The van der Waals surface area contributed by atoms with Crippen LogP contribution in [0, 0.1) is 0 Å². The summed E-state index contributed by atoms with van der Waals surface area (Å²) < 4.78 is 91.7. The molecule has 0 fully saturated rings. The zero-order valence-corrected chi connectivity index (χ0v) is 16.8. The number of fused-ring (bicyclic) bond motifs is 2. The Kier molecular flexibility index (Phi) is 5.55. The van der Waals surface area contributed by atoms with Crippen molar-refractivity contribution in [1.29, 1.82) is 0 Å². The van der Waals surface area contributed by atoms with Crippen LogP contribution in [0.25, 0.3) is 21.7 Å². The third-order valence-electron chi connectivity index (χ3n) is 5.20. The van der Waals surface area contributed by atoms with E-state index in [0.717, 1.165) is 22.6 Å². The lowest BCUT2D eigenvalue weighted by molar-refractivity contribution is -0.361. The van der Waals surface area contributed by atoms with Crippen molar-refractivity contribution in [2.24, 2.45) is 5.10 Å². The van der Waals surface area contributed by atoms with Gasteiger partial charge in [-0.1, -0.05) is 60.7 Å². The highest BCUT2D eigenvalue weighted by molar-refractivity contribution is 5.99. The summed E-state index contributed by atoms with van der Waals surface area (Å²) in [5, 5.41) is 5.61. The SMILES string of the molecule is FC(F)(F)C(F)(F)C(F)(F)N/N=C\c1cn(Cc2cccc3ccccc23)c2ccccc12. The minimum Gasteiger partial charge on any atom is -0.342 e. The van der Waals surface area contributed by atoms with Gasteiger partial charge in [-0.15, -0.1) is 0 Å². The first-order chi connectivity index (χ1) is 15.5. The first-order valence-corrected chi connectivity index (χ1v) is 9.68. The Labute approximate surface area is 183 Å². The van der Waals surface area contributed by atoms with Gasteiger partial charge in [-0.25, -0.2) is 5.43 Å². The number of halogens is 7. The maximum atomic E-state index is 13.5. The van der Waals surface area contributed by atoms with E-state index in [1.165, 1.54) is 0 Å². The molecule has 1 N–H and O–H groups in total. The molecule has 0 unspecified atom stereocenters. The predicted molar refractivity (Wildman–Crippen MR) is 112 cm³/mol. The molecule has 4 aromatic rings. The maximum Gasteiger partial charge on any atom is 0.462 e. The van der Waals surface area contributed by atoms with Crippen molar-refractivity contribution in [2.75, 3.05) is 0 Å². The van der Waals surface area contributed by atoms with E-state index in [9.17, 15) is 30.7 Å². The van der Waals surface area contributed by atoms with Crippen molar-refractivity contribution in [2.45, 2.75) is 24.7 Å². The van der Waals surface area contributed by atoms with Gasteiger partial charge in [0.05, 0.1) is 6.21 Å². The predicted octanol–water partition coefficient (Wildman–Crippen LogP) is 6.56. The Morgan fingerprint density at radius 3 is 2.15 bits per heavy atom. The average Bonchev–Trinajstić information content (AvgIpc) is 3.10. The van der Waals surface area contributed by atoms with E-state index in [0.29, 0.717) is 22.9 Å². The zero-order valence-electron chi connectivity index (χ0n) is 16.8. The van der Waals surface area contributed by atoms with E-state index in [1.54, 1.807) is 30.5 Å². The highest BCUT2D eigenvalue weighted by Crippen LogP contribution is 2.45. The third kappa shape index (κ3) is 4.12. The van der Waals surface area contributed by atoms with Crippen molar-refractivity contribution in [3.05, 3.63) is 84.1 Å². The third-order valence-corrected chi connectivity index (χ3v) is 5.20. The Morgan fingerprint density at radius 2 is 1.42 bits per heavy atom. The van der Waals surface area contributed by atoms with E-state index >= 15 is 0 Å². The van der Waals surface area contributed by atoms with Crippen LogP contribution in [0.1, 0.15) is 11.1 Å². The maximum absolute atomic E-state index is 13.5. The number of hydrogen-bond acceptors (Lipinski definition) is 2. The van der Waals surface area contributed by atoms with Gasteiger partial charge in [0.2, 0.25) is 0 Å². The molecule has 0 saturated carbocycles. The summed E-state index contributed by atoms with van der Waals surface area (Å²) in [6, 6.07) is 14.8. The fraction of sp³-hybridized carbons (Fsp3) is 0.174. The molecule has 0 radical (unpaired) electrons. The highest BCUT2D eigenvalue weighted by atomic mass is 19.4. The fourth-order valence-corrected chi connectivity index (χ4v) is 3.55. The van der Waals surface area contributed by atoms with E-state index in [-0.39, 0.29) is 5.56 Å². The van der Waals surface area contributed by atoms with Crippen LogP contribution in [0.5, 0.6) is 0 Å². The number of nitrogens with zero attached hydrogens (tertiary/aromatic N) is 2.